The fraction of sp³-hybridized carbons (Fsp3) is 0.417. The first-order valence-corrected chi connectivity index (χ1v) is 5.04. The molecule has 1 aliphatic carbocycles. The number of aldehydes is 1. The molecule has 0 heterocycles. The molecule has 2 heteroatoms. The highest BCUT2D eigenvalue weighted by Gasteiger charge is 2.31. The number of hydrogen-bond donors (Lipinski definition) is 1. The van der Waals surface area contributed by atoms with Crippen LogP contribution in [0.1, 0.15) is 30.7 Å². The second-order valence-corrected chi connectivity index (χ2v) is 3.94. The van der Waals surface area contributed by atoms with Gasteiger partial charge in [0.25, 0.3) is 0 Å². The molecule has 74 valence electrons. The topological polar surface area (TPSA) is 37.3 Å². The Morgan fingerprint density at radius 1 is 1.50 bits per heavy atom. The van der Waals surface area contributed by atoms with Gasteiger partial charge in [-0.25, -0.2) is 0 Å². The van der Waals surface area contributed by atoms with Crippen molar-refractivity contribution in [3.8, 4) is 5.75 Å². The third-order valence-electron chi connectivity index (χ3n) is 2.84. The normalized spacial score (nSPS) is 17.7. The molecule has 1 aromatic rings. The maximum Gasteiger partial charge on any atom is 0.120 e. The molecule has 0 bridgehead atoms. The molecule has 0 radical (unpaired) electrons. The lowest BCUT2D eigenvalue weighted by atomic mass is 9.91. The number of phenols is 1. The average Bonchev–Trinajstić information content (AvgIpc) is 2.97. The van der Waals surface area contributed by atoms with Crippen LogP contribution in [-0.2, 0) is 4.79 Å². The van der Waals surface area contributed by atoms with E-state index in [4.69, 9.17) is 0 Å². The summed E-state index contributed by atoms with van der Waals surface area (Å²) in [5.74, 6) is 1.26. The van der Waals surface area contributed by atoms with E-state index in [0.29, 0.717) is 24.0 Å². The fourth-order valence-electron chi connectivity index (χ4n) is 1.96. The molecule has 1 atom stereocenters. The van der Waals surface area contributed by atoms with Crippen LogP contribution in [-0.4, -0.2) is 11.4 Å². The van der Waals surface area contributed by atoms with Crippen molar-refractivity contribution in [3.05, 3.63) is 29.8 Å². The summed E-state index contributed by atoms with van der Waals surface area (Å²) < 4.78 is 0. The molecule has 1 saturated carbocycles. The van der Waals surface area contributed by atoms with Crippen molar-refractivity contribution in [2.45, 2.75) is 25.2 Å². The largest absolute Gasteiger partial charge is 0.508 e. The summed E-state index contributed by atoms with van der Waals surface area (Å²) in [5.41, 5.74) is 1.10. The van der Waals surface area contributed by atoms with E-state index >= 15 is 0 Å². The average molecular weight is 190 g/mol. The van der Waals surface area contributed by atoms with E-state index in [9.17, 15) is 9.90 Å². The van der Waals surface area contributed by atoms with Crippen molar-refractivity contribution in [2.75, 3.05) is 0 Å². The predicted octanol–water partition coefficient (Wildman–Crippen LogP) is 2.47. The van der Waals surface area contributed by atoms with Crippen LogP contribution in [0, 0.1) is 5.92 Å². The number of carbonyl (C=O) groups is 1. The summed E-state index contributed by atoms with van der Waals surface area (Å²) in [6, 6.07) is 7.26. The van der Waals surface area contributed by atoms with Crippen LogP contribution in [0.25, 0.3) is 0 Å². The van der Waals surface area contributed by atoms with Crippen LogP contribution >= 0.6 is 0 Å². The Labute approximate surface area is 83.6 Å². The van der Waals surface area contributed by atoms with Gasteiger partial charge in [0.2, 0.25) is 0 Å². The first kappa shape index (κ1) is 9.25. The van der Waals surface area contributed by atoms with Crippen LogP contribution in [0.2, 0.25) is 0 Å². The lowest BCUT2D eigenvalue weighted by molar-refractivity contribution is -0.108. The smallest absolute Gasteiger partial charge is 0.120 e. The molecule has 0 saturated heterocycles. The summed E-state index contributed by atoms with van der Waals surface area (Å²) in [6.45, 7) is 0. The molecule has 0 amide bonds. The quantitative estimate of drug-likeness (QED) is 0.740. The highest BCUT2D eigenvalue weighted by Crippen LogP contribution is 2.44. The Hall–Kier alpha value is -1.31. The van der Waals surface area contributed by atoms with Gasteiger partial charge in [-0.15, -0.1) is 0 Å². The van der Waals surface area contributed by atoms with Crippen LogP contribution < -0.4 is 0 Å². The third kappa shape index (κ3) is 1.95. The minimum Gasteiger partial charge on any atom is -0.508 e. The molecular formula is C12H14O2. The fourth-order valence-corrected chi connectivity index (χ4v) is 1.96. The molecule has 14 heavy (non-hydrogen) atoms. The van der Waals surface area contributed by atoms with Gasteiger partial charge in [-0.05, 0) is 42.4 Å². The Morgan fingerprint density at radius 2 is 2.29 bits per heavy atom. The Morgan fingerprint density at radius 3 is 2.86 bits per heavy atom. The number of rotatable bonds is 4. The maximum absolute atomic E-state index is 10.5. The van der Waals surface area contributed by atoms with Crippen LogP contribution in [0.3, 0.4) is 0 Å². The number of hydrogen-bond acceptors (Lipinski definition) is 2. The van der Waals surface area contributed by atoms with Gasteiger partial charge in [-0.3, -0.25) is 0 Å². The van der Waals surface area contributed by atoms with Crippen LogP contribution in [0.4, 0.5) is 0 Å². The zero-order valence-corrected chi connectivity index (χ0v) is 8.02. The molecule has 2 nitrogen and oxygen atoms in total. The van der Waals surface area contributed by atoms with E-state index in [2.05, 4.69) is 0 Å². The van der Waals surface area contributed by atoms with Gasteiger partial charge < -0.3 is 9.90 Å². The highest BCUT2D eigenvalue weighted by atomic mass is 16.3. The summed E-state index contributed by atoms with van der Waals surface area (Å²) >= 11 is 0. The Bertz CT molecular complexity index is 329. The van der Waals surface area contributed by atoms with Crippen molar-refractivity contribution < 1.29 is 9.90 Å². The van der Waals surface area contributed by atoms with Gasteiger partial charge in [-0.1, -0.05) is 12.1 Å². The lowest BCUT2D eigenvalue weighted by Gasteiger charge is -2.13. The minimum absolute atomic E-state index is 0.291. The van der Waals surface area contributed by atoms with Crippen molar-refractivity contribution in [3.63, 3.8) is 0 Å². The van der Waals surface area contributed by atoms with Gasteiger partial charge in [0.1, 0.15) is 12.0 Å². The summed E-state index contributed by atoms with van der Waals surface area (Å²) in [6.07, 6.45) is 3.99. The zero-order chi connectivity index (χ0) is 9.97. The van der Waals surface area contributed by atoms with Gasteiger partial charge in [-0.2, -0.15) is 0 Å². The van der Waals surface area contributed by atoms with E-state index in [1.165, 1.54) is 12.8 Å². The van der Waals surface area contributed by atoms with Crippen LogP contribution in [0.5, 0.6) is 5.75 Å². The predicted molar refractivity (Wildman–Crippen MR) is 54.3 cm³/mol. The molecular weight excluding hydrogens is 176 g/mol. The molecule has 1 unspecified atom stereocenters. The van der Waals surface area contributed by atoms with Gasteiger partial charge >= 0.3 is 0 Å². The Balaban J connectivity index is 2.20. The molecule has 2 rings (SSSR count). The van der Waals surface area contributed by atoms with Crippen molar-refractivity contribution in [1.82, 2.24) is 0 Å². The first-order valence-electron chi connectivity index (χ1n) is 5.04. The number of benzene rings is 1. The SMILES string of the molecule is O=CCC(c1cccc(O)c1)C1CC1. The summed E-state index contributed by atoms with van der Waals surface area (Å²) in [7, 11) is 0. The lowest BCUT2D eigenvalue weighted by Crippen LogP contribution is -2.01. The van der Waals surface area contributed by atoms with Crippen molar-refractivity contribution in [1.29, 1.82) is 0 Å². The van der Waals surface area contributed by atoms with Crippen molar-refractivity contribution >= 4 is 6.29 Å². The van der Waals surface area contributed by atoms with Crippen LogP contribution in [0.15, 0.2) is 24.3 Å². The van der Waals surface area contributed by atoms with E-state index in [1.54, 1.807) is 12.1 Å². The standard InChI is InChI=1S/C12H14O2/c13-7-6-12(9-4-5-9)10-2-1-3-11(14)8-10/h1-3,7-9,12,14H,4-6H2. The van der Waals surface area contributed by atoms with E-state index in [0.717, 1.165) is 11.8 Å². The molecule has 0 aromatic heterocycles. The molecule has 1 aromatic carbocycles. The maximum atomic E-state index is 10.5. The minimum atomic E-state index is 0.291. The summed E-state index contributed by atoms with van der Waals surface area (Å²) in [4.78, 5) is 10.5. The van der Waals surface area contributed by atoms with E-state index in [1.807, 2.05) is 12.1 Å². The number of phenolic OH excluding ortho intramolecular Hbond substituents is 1. The van der Waals surface area contributed by atoms with Gasteiger partial charge in [0, 0.05) is 6.42 Å². The second-order valence-electron chi connectivity index (χ2n) is 3.94. The molecule has 1 fully saturated rings. The molecule has 1 aliphatic rings. The second kappa shape index (κ2) is 3.82. The van der Waals surface area contributed by atoms with Crippen molar-refractivity contribution in [2.24, 2.45) is 5.92 Å². The third-order valence-corrected chi connectivity index (χ3v) is 2.84. The van der Waals surface area contributed by atoms with Gasteiger partial charge in [0.15, 0.2) is 0 Å². The number of carbonyl (C=O) groups excluding carboxylic acids is 1. The zero-order valence-electron chi connectivity index (χ0n) is 8.02. The van der Waals surface area contributed by atoms with E-state index < -0.39 is 0 Å². The number of aromatic hydroxyl groups is 1. The molecule has 0 spiro atoms. The molecule has 1 N–H and O–H groups in total. The van der Waals surface area contributed by atoms with Gasteiger partial charge in [0.05, 0.1) is 0 Å². The highest BCUT2D eigenvalue weighted by molar-refractivity contribution is 5.52. The monoisotopic (exact) mass is 190 g/mol. The summed E-state index contributed by atoms with van der Waals surface area (Å²) in [5, 5.41) is 9.34. The first-order chi connectivity index (χ1) is 6.81. The van der Waals surface area contributed by atoms with E-state index in [-0.39, 0.29) is 0 Å². The Kier molecular flexibility index (Phi) is 2.53. The molecule has 0 aliphatic heterocycles.